The number of benzene rings is 2. The highest BCUT2D eigenvalue weighted by molar-refractivity contribution is 7.89. The minimum Gasteiger partial charge on any atom is -0.495 e. The zero-order valence-corrected chi connectivity index (χ0v) is 19.7. The summed E-state index contributed by atoms with van der Waals surface area (Å²) in [5.41, 5.74) is 0.384. The Morgan fingerprint density at radius 2 is 1.76 bits per heavy atom. The van der Waals surface area contributed by atoms with E-state index in [1.54, 1.807) is 6.07 Å². The van der Waals surface area contributed by atoms with Gasteiger partial charge < -0.3 is 24.3 Å². The number of hydrogen-bond acceptors (Lipinski definition) is 7. The van der Waals surface area contributed by atoms with Crippen LogP contribution in [0.15, 0.2) is 47.4 Å². The molecular weight excluding hydrogens is 448 g/mol. The Morgan fingerprint density at radius 3 is 2.42 bits per heavy atom. The van der Waals surface area contributed by atoms with Gasteiger partial charge in [-0.05, 0) is 43.7 Å². The zero-order valence-electron chi connectivity index (χ0n) is 18.9. The van der Waals surface area contributed by atoms with E-state index in [4.69, 9.17) is 18.9 Å². The summed E-state index contributed by atoms with van der Waals surface area (Å²) in [6, 6.07) is 12.0. The third kappa shape index (κ3) is 6.59. The first-order valence-electron chi connectivity index (χ1n) is 10.9. The lowest BCUT2D eigenvalue weighted by Crippen LogP contribution is -2.40. The number of nitrogens with one attached hydrogen (secondary N) is 1. The van der Waals surface area contributed by atoms with E-state index in [0.29, 0.717) is 50.0 Å². The molecule has 9 nitrogen and oxygen atoms in total. The number of amides is 1. The molecule has 1 N–H and O–H groups in total. The number of methoxy groups -OCH3 is 1. The second-order valence-electron chi connectivity index (χ2n) is 7.26. The van der Waals surface area contributed by atoms with Crippen LogP contribution in [-0.4, -0.2) is 65.3 Å². The van der Waals surface area contributed by atoms with Gasteiger partial charge in [0, 0.05) is 25.2 Å². The molecule has 2 aromatic rings. The molecule has 0 unspecified atom stereocenters. The lowest BCUT2D eigenvalue weighted by Gasteiger charge is -2.26. The first-order chi connectivity index (χ1) is 16.0. The van der Waals surface area contributed by atoms with E-state index < -0.39 is 10.0 Å². The number of carbonyl (C=O) groups is 1. The Hall–Kier alpha value is -2.82. The average Bonchev–Trinajstić information content (AvgIpc) is 2.83. The molecule has 10 heteroatoms. The number of nitrogens with zero attached hydrogens (tertiary/aromatic N) is 1. The molecule has 2 aromatic carbocycles. The van der Waals surface area contributed by atoms with Crippen molar-refractivity contribution in [2.24, 2.45) is 0 Å². The fourth-order valence-electron chi connectivity index (χ4n) is 3.36. The van der Waals surface area contributed by atoms with Gasteiger partial charge in [-0.15, -0.1) is 0 Å². The van der Waals surface area contributed by atoms with Crippen LogP contribution in [0.1, 0.15) is 19.8 Å². The lowest BCUT2D eigenvalue weighted by atomic mass is 10.2. The summed E-state index contributed by atoms with van der Waals surface area (Å²) in [5.74, 6) is 1.28. The number of carbonyl (C=O) groups excluding carboxylic acids is 1. The Kier molecular flexibility index (Phi) is 8.93. The molecule has 1 amide bonds. The molecule has 33 heavy (non-hydrogen) atoms. The summed E-state index contributed by atoms with van der Waals surface area (Å²) in [6.45, 7) is 4.01. The van der Waals surface area contributed by atoms with Gasteiger partial charge in [0.1, 0.15) is 10.6 Å². The van der Waals surface area contributed by atoms with Crippen molar-refractivity contribution < 1.29 is 32.2 Å². The van der Waals surface area contributed by atoms with Crippen molar-refractivity contribution in [1.29, 1.82) is 0 Å². The van der Waals surface area contributed by atoms with E-state index in [2.05, 4.69) is 5.32 Å². The summed E-state index contributed by atoms with van der Waals surface area (Å²) in [6.07, 6.45) is 0.704. The van der Waals surface area contributed by atoms with Crippen LogP contribution < -0.4 is 19.5 Å². The number of sulfonamides is 1. The number of anilines is 1. The van der Waals surface area contributed by atoms with E-state index in [1.807, 2.05) is 31.2 Å². The van der Waals surface area contributed by atoms with E-state index >= 15 is 0 Å². The largest absolute Gasteiger partial charge is 0.495 e. The normalized spacial score (nSPS) is 14.5. The van der Waals surface area contributed by atoms with Crippen LogP contribution in [0.5, 0.6) is 17.2 Å². The predicted molar refractivity (Wildman–Crippen MR) is 124 cm³/mol. The Labute approximate surface area is 194 Å². The molecular formula is C23H30N2O7S. The van der Waals surface area contributed by atoms with E-state index in [1.165, 1.54) is 23.5 Å². The van der Waals surface area contributed by atoms with Crippen LogP contribution >= 0.6 is 0 Å². The summed E-state index contributed by atoms with van der Waals surface area (Å²) in [7, 11) is -2.37. The molecule has 0 radical (unpaired) electrons. The standard InChI is InChI=1S/C23H30N2O7S/c1-3-31-19-7-4-5-8-20(19)32-14-6-9-23(26)24-18-10-11-21(29-2)22(17-18)33(27,28)25-12-15-30-16-13-25/h4-5,7-8,10-11,17H,3,6,9,12-16H2,1-2H3,(H,24,26). The van der Waals surface area contributed by atoms with Gasteiger partial charge in [0.05, 0.1) is 33.5 Å². The highest BCUT2D eigenvalue weighted by Gasteiger charge is 2.29. The van der Waals surface area contributed by atoms with Crippen LogP contribution in [0.3, 0.4) is 0 Å². The monoisotopic (exact) mass is 478 g/mol. The van der Waals surface area contributed by atoms with Gasteiger partial charge in [-0.1, -0.05) is 12.1 Å². The van der Waals surface area contributed by atoms with Crippen LogP contribution in [0.4, 0.5) is 5.69 Å². The molecule has 1 heterocycles. The maximum atomic E-state index is 13.1. The fourth-order valence-corrected chi connectivity index (χ4v) is 4.95. The third-order valence-electron chi connectivity index (χ3n) is 4.99. The van der Waals surface area contributed by atoms with Gasteiger partial charge in [-0.25, -0.2) is 8.42 Å². The summed E-state index contributed by atoms with van der Waals surface area (Å²) >= 11 is 0. The van der Waals surface area contributed by atoms with E-state index in [0.717, 1.165) is 0 Å². The fraction of sp³-hybridized carbons (Fsp3) is 0.435. The molecule has 0 saturated carbocycles. The Bertz CT molecular complexity index is 1040. The molecule has 3 rings (SSSR count). The van der Waals surface area contributed by atoms with Crippen molar-refractivity contribution in [2.75, 3.05) is 51.9 Å². The number of para-hydroxylation sites is 2. The number of morpholine rings is 1. The van der Waals surface area contributed by atoms with Crippen molar-refractivity contribution >= 4 is 21.6 Å². The van der Waals surface area contributed by atoms with Gasteiger partial charge in [0.15, 0.2) is 11.5 Å². The summed E-state index contributed by atoms with van der Waals surface area (Å²) < 4.78 is 49.3. The molecule has 0 atom stereocenters. The molecule has 180 valence electrons. The molecule has 0 aromatic heterocycles. The maximum Gasteiger partial charge on any atom is 0.246 e. The molecule has 0 bridgehead atoms. The van der Waals surface area contributed by atoms with Crippen molar-refractivity contribution in [1.82, 2.24) is 4.31 Å². The predicted octanol–water partition coefficient (Wildman–Crippen LogP) is 2.91. The minimum absolute atomic E-state index is 0.0144. The molecule has 1 fully saturated rings. The van der Waals surface area contributed by atoms with E-state index in [-0.39, 0.29) is 36.1 Å². The molecule has 0 aliphatic carbocycles. The Morgan fingerprint density at radius 1 is 1.06 bits per heavy atom. The van der Waals surface area contributed by atoms with Crippen LogP contribution in [-0.2, 0) is 19.6 Å². The van der Waals surface area contributed by atoms with Crippen LogP contribution in [0.2, 0.25) is 0 Å². The number of ether oxygens (including phenoxy) is 4. The van der Waals surface area contributed by atoms with Crippen molar-refractivity contribution in [3.8, 4) is 17.2 Å². The second-order valence-corrected chi connectivity index (χ2v) is 9.17. The molecule has 0 spiro atoms. The minimum atomic E-state index is -3.78. The number of hydrogen-bond donors (Lipinski definition) is 1. The Balaban J connectivity index is 1.58. The van der Waals surface area contributed by atoms with Gasteiger partial charge in [-0.3, -0.25) is 4.79 Å². The van der Waals surface area contributed by atoms with Crippen LogP contribution in [0, 0.1) is 0 Å². The molecule has 1 aliphatic rings. The second kappa shape index (κ2) is 11.9. The van der Waals surface area contributed by atoms with Crippen molar-refractivity contribution in [3.05, 3.63) is 42.5 Å². The highest BCUT2D eigenvalue weighted by Crippen LogP contribution is 2.30. The van der Waals surface area contributed by atoms with E-state index in [9.17, 15) is 13.2 Å². The zero-order chi connectivity index (χ0) is 23.7. The average molecular weight is 479 g/mol. The van der Waals surface area contributed by atoms with Crippen molar-refractivity contribution in [3.63, 3.8) is 0 Å². The van der Waals surface area contributed by atoms with Gasteiger partial charge in [0.2, 0.25) is 15.9 Å². The quantitative estimate of drug-likeness (QED) is 0.495. The first kappa shape index (κ1) is 24.8. The van der Waals surface area contributed by atoms with Crippen LogP contribution in [0.25, 0.3) is 0 Å². The lowest BCUT2D eigenvalue weighted by molar-refractivity contribution is -0.116. The first-order valence-corrected chi connectivity index (χ1v) is 12.3. The molecule has 1 aliphatic heterocycles. The summed E-state index contributed by atoms with van der Waals surface area (Å²) in [5, 5.41) is 2.76. The third-order valence-corrected chi connectivity index (χ3v) is 6.91. The van der Waals surface area contributed by atoms with Crippen molar-refractivity contribution in [2.45, 2.75) is 24.7 Å². The maximum absolute atomic E-state index is 13.1. The van der Waals surface area contributed by atoms with Gasteiger partial charge in [-0.2, -0.15) is 4.31 Å². The highest BCUT2D eigenvalue weighted by atomic mass is 32.2. The number of rotatable bonds is 11. The topological polar surface area (TPSA) is 103 Å². The van der Waals surface area contributed by atoms with Gasteiger partial charge >= 0.3 is 0 Å². The SMILES string of the molecule is CCOc1ccccc1OCCCC(=O)Nc1ccc(OC)c(S(=O)(=O)N2CCOCC2)c1. The smallest absolute Gasteiger partial charge is 0.246 e. The van der Waals surface area contributed by atoms with Gasteiger partial charge in [0.25, 0.3) is 0 Å². The molecule has 1 saturated heterocycles. The summed E-state index contributed by atoms with van der Waals surface area (Å²) in [4.78, 5) is 12.4.